The van der Waals surface area contributed by atoms with Gasteiger partial charge in [0.2, 0.25) is 8.32 Å². The molecule has 1 N–H and O–H groups in total. The first kappa shape index (κ1) is 27.8. The van der Waals surface area contributed by atoms with E-state index in [-0.39, 0.29) is 11.0 Å². The van der Waals surface area contributed by atoms with Crippen LogP contribution in [-0.4, -0.2) is 32.0 Å². The fourth-order valence-electron chi connectivity index (χ4n) is 2.48. The van der Waals surface area contributed by atoms with Crippen LogP contribution in [-0.2, 0) is 14.0 Å². The molecule has 0 aliphatic rings. The van der Waals surface area contributed by atoms with Crippen molar-refractivity contribution in [3.05, 3.63) is 36.1 Å². The van der Waals surface area contributed by atoms with Crippen molar-refractivity contribution < 1.29 is 23.5 Å². The van der Waals surface area contributed by atoms with E-state index >= 15 is 0 Å². The predicted molar refractivity (Wildman–Crippen MR) is 132 cm³/mol. The molecule has 0 aliphatic heterocycles. The van der Waals surface area contributed by atoms with E-state index in [9.17, 15) is 9.59 Å². The lowest BCUT2D eigenvalue weighted by Gasteiger charge is -2.34. The van der Waals surface area contributed by atoms with Crippen LogP contribution in [0.15, 0.2) is 30.5 Å². The number of alkyl carbamates (subject to hydrolysis) is 1. The van der Waals surface area contributed by atoms with Gasteiger partial charge in [0.15, 0.2) is 0 Å². The second-order valence-corrected chi connectivity index (χ2v) is 15.7. The Morgan fingerprint density at radius 3 is 2.19 bits per heavy atom. The largest absolute Gasteiger partial charge is 0.549 e. The number of carbonyl (C=O) groups excluding carboxylic acids is 2. The van der Waals surface area contributed by atoms with E-state index in [4.69, 9.17) is 13.9 Å². The van der Waals surface area contributed by atoms with Crippen LogP contribution in [0.1, 0.15) is 67.4 Å². The summed E-state index contributed by atoms with van der Waals surface area (Å²) in [5.41, 5.74) is 0.0675. The summed E-state index contributed by atoms with van der Waals surface area (Å²) in [6, 6.07) is 6.43. The number of hydrogen-bond acceptors (Lipinski definition) is 5. The number of para-hydroxylation sites is 1. The molecule has 7 heteroatoms. The molecule has 0 heterocycles. The molecule has 1 rings (SSSR count). The number of amides is 1. The van der Waals surface area contributed by atoms with Crippen molar-refractivity contribution in [3.63, 3.8) is 0 Å². The molecule has 0 aromatic heterocycles. The minimum absolute atomic E-state index is 0.0841. The summed E-state index contributed by atoms with van der Waals surface area (Å²) in [5, 5.41) is 2.74. The highest BCUT2D eigenvalue weighted by Gasteiger charge is 2.38. The molecule has 0 spiro atoms. The topological polar surface area (TPSA) is 73.9 Å². The molecular weight excluding hydrogens is 422 g/mol. The highest BCUT2D eigenvalue weighted by atomic mass is 28.4. The zero-order valence-corrected chi connectivity index (χ0v) is 22.4. The molecule has 180 valence electrons. The lowest BCUT2D eigenvalue weighted by molar-refractivity contribution is -0.137. The molecule has 0 aliphatic carbocycles. The Balaban J connectivity index is 2.98. The summed E-state index contributed by atoms with van der Waals surface area (Å²) in [5.74, 6) is 0.0543. The Bertz CT molecular complexity index is 803. The third-order valence-electron chi connectivity index (χ3n) is 5.23. The Labute approximate surface area is 194 Å². The first-order chi connectivity index (χ1) is 14.5. The maximum absolute atomic E-state index is 12.9. The van der Waals surface area contributed by atoms with E-state index in [1.54, 1.807) is 39.2 Å². The second kappa shape index (κ2) is 11.0. The van der Waals surface area contributed by atoms with E-state index in [0.717, 1.165) is 5.56 Å². The summed E-state index contributed by atoms with van der Waals surface area (Å²) >= 11 is 0. The number of benzene rings is 1. The number of hydrogen-bond donors (Lipinski definition) is 1. The van der Waals surface area contributed by atoms with Gasteiger partial charge < -0.3 is 19.2 Å². The van der Waals surface area contributed by atoms with Crippen LogP contribution >= 0.6 is 0 Å². The van der Waals surface area contributed by atoms with Crippen LogP contribution in [0.2, 0.25) is 18.1 Å². The summed E-state index contributed by atoms with van der Waals surface area (Å²) in [7, 11) is -1.94. The Kier molecular flexibility index (Phi) is 9.57. The van der Waals surface area contributed by atoms with Crippen molar-refractivity contribution in [2.24, 2.45) is 5.92 Å². The normalized spacial score (nSPS) is 13.7. The van der Waals surface area contributed by atoms with Gasteiger partial charge in [0, 0.05) is 5.56 Å². The monoisotopic (exact) mass is 463 g/mol. The number of rotatable bonds is 8. The Morgan fingerprint density at radius 1 is 1.06 bits per heavy atom. The molecule has 6 nitrogen and oxygen atoms in total. The number of esters is 1. The summed E-state index contributed by atoms with van der Waals surface area (Å²) in [4.78, 5) is 25.2. The molecule has 0 fully saturated rings. The van der Waals surface area contributed by atoms with Crippen molar-refractivity contribution in [1.82, 2.24) is 5.32 Å². The van der Waals surface area contributed by atoms with Gasteiger partial charge in [-0.15, -0.1) is 0 Å². The van der Waals surface area contributed by atoms with E-state index < -0.39 is 32.0 Å². The van der Waals surface area contributed by atoms with Crippen LogP contribution in [0, 0.1) is 5.92 Å². The molecule has 1 aromatic carbocycles. The highest BCUT2D eigenvalue weighted by Crippen LogP contribution is 2.36. The first-order valence-electron chi connectivity index (χ1n) is 11.2. The van der Waals surface area contributed by atoms with Crippen molar-refractivity contribution in [3.8, 4) is 5.75 Å². The standard InChI is InChI=1S/C25H41NO5Si/c1-18(2)17-20(26-23(28)31-24(3,4)5)22(27)30-21-14-12-11-13-19(21)15-16-29-32(9,10)25(6,7)8/h11-16,18,20H,17H2,1-10H3,(H,26,28)/b16-15-/t20-/m1/s1. The molecule has 32 heavy (non-hydrogen) atoms. The van der Waals surface area contributed by atoms with Gasteiger partial charge in [0.25, 0.3) is 0 Å². The fraction of sp³-hybridized carbons (Fsp3) is 0.600. The zero-order valence-electron chi connectivity index (χ0n) is 21.4. The number of nitrogens with one attached hydrogen (secondary N) is 1. The molecule has 0 unspecified atom stereocenters. The minimum atomic E-state index is -1.94. The van der Waals surface area contributed by atoms with Crippen LogP contribution in [0.25, 0.3) is 6.08 Å². The van der Waals surface area contributed by atoms with Gasteiger partial charge in [0.05, 0.1) is 6.26 Å². The van der Waals surface area contributed by atoms with Gasteiger partial charge in [-0.1, -0.05) is 52.8 Å². The maximum Gasteiger partial charge on any atom is 0.408 e. The molecule has 1 amide bonds. The molecule has 0 radical (unpaired) electrons. The first-order valence-corrected chi connectivity index (χ1v) is 14.1. The molecule has 1 aromatic rings. The maximum atomic E-state index is 12.9. The van der Waals surface area contributed by atoms with Crippen molar-refractivity contribution in [1.29, 1.82) is 0 Å². The smallest absolute Gasteiger partial charge is 0.408 e. The van der Waals surface area contributed by atoms with Crippen LogP contribution in [0.3, 0.4) is 0 Å². The van der Waals surface area contributed by atoms with Gasteiger partial charge in [-0.25, -0.2) is 9.59 Å². The van der Waals surface area contributed by atoms with E-state index in [1.807, 2.05) is 32.1 Å². The Morgan fingerprint density at radius 2 is 1.66 bits per heavy atom. The quantitative estimate of drug-likeness (QED) is 0.205. The lowest BCUT2D eigenvalue weighted by Crippen LogP contribution is -2.45. The molecule has 0 saturated carbocycles. The third kappa shape index (κ3) is 9.47. The number of ether oxygens (including phenoxy) is 2. The van der Waals surface area contributed by atoms with Gasteiger partial charge in [-0.3, -0.25) is 0 Å². The van der Waals surface area contributed by atoms with E-state index in [1.165, 1.54) is 0 Å². The van der Waals surface area contributed by atoms with Crippen molar-refractivity contribution in [2.45, 2.75) is 91.6 Å². The molecule has 0 bridgehead atoms. The fourth-order valence-corrected chi connectivity index (χ4v) is 3.24. The lowest BCUT2D eigenvalue weighted by atomic mass is 10.0. The average molecular weight is 464 g/mol. The highest BCUT2D eigenvalue weighted by molar-refractivity contribution is 6.74. The number of carbonyl (C=O) groups is 2. The Hall–Kier alpha value is -2.28. The molecular formula is C25H41NO5Si. The van der Waals surface area contributed by atoms with E-state index in [2.05, 4.69) is 39.2 Å². The van der Waals surface area contributed by atoms with Gasteiger partial charge in [0.1, 0.15) is 17.4 Å². The third-order valence-corrected chi connectivity index (χ3v) is 9.57. The van der Waals surface area contributed by atoms with Gasteiger partial charge in [-0.2, -0.15) is 0 Å². The second-order valence-electron chi connectivity index (χ2n) is 11.0. The van der Waals surface area contributed by atoms with Crippen LogP contribution < -0.4 is 10.1 Å². The molecule has 0 saturated heterocycles. The zero-order chi connectivity index (χ0) is 24.7. The molecule has 1 atom stereocenters. The van der Waals surface area contributed by atoms with Gasteiger partial charge >= 0.3 is 12.1 Å². The predicted octanol–water partition coefficient (Wildman–Crippen LogP) is 6.52. The van der Waals surface area contributed by atoms with Crippen LogP contribution in [0.4, 0.5) is 4.79 Å². The van der Waals surface area contributed by atoms with E-state index in [0.29, 0.717) is 12.2 Å². The van der Waals surface area contributed by atoms with Crippen molar-refractivity contribution >= 4 is 26.5 Å². The van der Waals surface area contributed by atoms with Crippen LogP contribution in [0.5, 0.6) is 5.75 Å². The summed E-state index contributed by atoms with van der Waals surface area (Å²) in [6.45, 7) is 20.1. The SMILES string of the molecule is CC(C)C[C@@H](NC(=O)OC(C)(C)C)C(=O)Oc1ccccc1/C=C\O[Si](C)(C)C(C)(C)C. The average Bonchev–Trinajstić information content (AvgIpc) is 2.59. The summed E-state index contributed by atoms with van der Waals surface area (Å²) in [6.07, 6.45) is 3.29. The minimum Gasteiger partial charge on any atom is -0.549 e. The van der Waals surface area contributed by atoms with Crippen molar-refractivity contribution in [2.75, 3.05) is 0 Å². The summed E-state index contributed by atoms with van der Waals surface area (Å²) < 4.78 is 17.1. The van der Waals surface area contributed by atoms with Gasteiger partial charge in [-0.05, 0) is 63.4 Å².